The van der Waals surface area contributed by atoms with Gasteiger partial charge in [-0.2, -0.15) is 0 Å². The Hall–Kier alpha value is -2.89. The zero-order valence-corrected chi connectivity index (χ0v) is 17.4. The summed E-state index contributed by atoms with van der Waals surface area (Å²) < 4.78 is 5.87. The molecule has 2 aromatic rings. The first-order valence-electron chi connectivity index (χ1n) is 11.0. The van der Waals surface area contributed by atoms with Crippen LogP contribution < -0.4 is 9.64 Å². The maximum atomic E-state index is 12.8. The summed E-state index contributed by atoms with van der Waals surface area (Å²) in [5.74, 6) is 1.75. The topological polar surface area (TPSA) is 62.7 Å². The van der Waals surface area contributed by atoms with Gasteiger partial charge < -0.3 is 14.5 Å². The van der Waals surface area contributed by atoms with E-state index >= 15 is 0 Å². The van der Waals surface area contributed by atoms with Gasteiger partial charge in [0.15, 0.2) is 17.4 Å². The first-order chi connectivity index (χ1) is 14.6. The second-order valence-corrected chi connectivity index (χ2v) is 8.54. The lowest BCUT2D eigenvalue weighted by atomic mass is 9.83. The lowest BCUT2D eigenvalue weighted by molar-refractivity contribution is 0.0723. The van der Waals surface area contributed by atoms with Crippen LogP contribution in [-0.4, -0.2) is 47.8 Å². The van der Waals surface area contributed by atoms with E-state index in [9.17, 15) is 9.59 Å². The van der Waals surface area contributed by atoms with Gasteiger partial charge in [0.05, 0.1) is 12.1 Å². The number of hydrogen-bond donors (Lipinski definition) is 0. The highest BCUT2D eigenvalue weighted by Crippen LogP contribution is 2.37. The second kappa shape index (κ2) is 7.74. The molecule has 1 amide bonds. The van der Waals surface area contributed by atoms with Crippen LogP contribution >= 0.6 is 0 Å². The van der Waals surface area contributed by atoms with Gasteiger partial charge in [0.25, 0.3) is 5.91 Å². The molecule has 0 bridgehead atoms. The van der Waals surface area contributed by atoms with Crippen LogP contribution in [0.25, 0.3) is 0 Å². The smallest absolute Gasteiger partial charge is 0.255 e. The molecule has 2 aliphatic heterocycles. The summed E-state index contributed by atoms with van der Waals surface area (Å²) in [6, 6.07) is 7.89. The number of likely N-dealkylation sites (tertiary alicyclic amines) is 1. The van der Waals surface area contributed by atoms with E-state index in [-0.39, 0.29) is 17.6 Å². The van der Waals surface area contributed by atoms with Gasteiger partial charge in [-0.25, -0.2) is 4.98 Å². The van der Waals surface area contributed by atoms with Crippen LogP contribution in [0.4, 0.5) is 11.5 Å². The maximum absolute atomic E-state index is 12.8. The molecule has 1 atom stereocenters. The van der Waals surface area contributed by atoms with Crippen molar-refractivity contribution in [2.45, 2.75) is 39.0 Å². The van der Waals surface area contributed by atoms with E-state index in [0.717, 1.165) is 61.4 Å². The molecule has 1 aliphatic carbocycles. The number of Topliss-reactive ketones (excluding diaryl/α,β-unsaturated/α-hetero) is 1. The fourth-order valence-corrected chi connectivity index (χ4v) is 4.71. The average Bonchev–Trinajstić information content (AvgIpc) is 2.80. The molecule has 1 aromatic heterocycles. The van der Waals surface area contributed by atoms with Crippen molar-refractivity contribution in [1.82, 2.24) is 9.88 Å². The quantitative estimate of drug-likeness (QED) is 0.756. The van der Waals surface area contributed by atoms with Crippen molar-refractivity contribution in [2.24, 2.45) is 5.92 Å². The summed E-state index contributed by atoms with van der Waals surface area (Å²) >= 11 is 0. The minimum atomic E-state index is 0.0344. The standard InChI is InChI=1S/C24H27N3O3/c1-16-5-6-17-13-19(7-8-20(17)22(16)28)27-11-12-30-21-14-18(15-25-23(21)27)24(29)26-9-3-2-4-10-26/h7-8,13-16H,2-6,9-12H2,1H3. The molecule has 0 saturated carbocycles. The number of carbonyl (C=O) groups excluding carboxylic acids is 2. The minimum absolute atomic E-state index is 0.0344. The van der Waals surface area contributed by atoms with Crippen molar-refractivity contribution in [1.29, 1.82) is 0 Å². The van der Waals surface area contributed by atoms with Crippen LogP contribution in [0.3, 0.4) is 0 Å². The van der Waals surface area contributed by atoms with E-state index < -0.39 is 0 Å². The Morgan fingerprint density at radius 2 is 1.97 bits per heavy atom. The van der Waals surface area contributed by atoms with Crippen LogP contribution in [0.15, 0.2) is 30.5 Å². The molecule has 5 rings (SSSR count). The number of nitrogens with zero attached hydrogens (tertiary/aromatic N) is 3. The lowest BCUT2D eigenvalue weighted by Gasteiger charge is -2.32. The van der Waals surface area contributed by atoms with Crippen molar-refractivity contribution in [3.05, 3.63) is 47.2 Å². The van der Waals surface area contributed by atoms with E-state index in [1.807, 2.05) is 30.0 Å². The summed E-state index contributed by atoms with van der Waals surface area (Å²) in [6.07, 6.45) is 6.80. The van der Waals surface area contributed by atoms with E-state index in [1.54, 1.807) is 6.20 Å². The highest BCUT2D eigenvalue weighted by atomic mass is 16.5. The molecule has 1 saturated heterocycles. The molecule has 0 N–H and O–H groups in total. The molecule has 1 unspecified atom stereocenters. The van der Waals surface area contributed by atoms with Crippen molar-refractivity contribution < 1.29 is 14.3 Å². The predicted octanol–water partition coefficient (Wildman–Crippen LogP) is 4.00. The van der Waals surface area contributed by atoms with Crippen LogP contribution in [-0.2, 0) is 6.42 Å². The summed E-state index contributed by atoms with van der Waals surface area (Å²) in [5.41, 5.74) is 3.56. The van der Waals surface area contributed by atoms with Gasteiger partial charge in [0.2, 0.25) is 0 Å². The first kappa shape index (κ1) is 19.1. The summed E-state index contributed by atoms with van der Waals surface area (Å²) in [4.78, 5) is 33.9. The Balaban J connectivity index is 1.43. The first-order valence-corrected chi connectivity index (χ1v) is 11.0. The van der Waals surface area contributed by atoms with E-state index in [1.165, 1.54) is 6.42 Å². The lowest BCUT2D eigenvalue weighted by Crippen LogP contribution is -2.36. The number of carbonyl (C=O) groups is 2. The van der Waals surface area contributed by atoms with Gasteiger partial charge >= 0.3 is 0 Å². The van der Waals surface area contributed by atoms with Crippen LogP contribution in [0.2, 0.25) is 0 Å². The minimum Gasteiger partial charge on any atom is -0.488 e. The van der Waals surface area contributed by atoms with Gasteiger partial charge in [-0.3, -0.25) is 9.59 Å². The number of benzene rings is 1. The third-order valence-corrected chi connectivity index (χ3v) is 6.51. The number of piperidine rings is 1. The van der Waals surface area contributed by atoms with E-state index in [4.69, 9.17) is 4.74 Å². The summed E-state index contributed by atoms with van der Waals surface area (Å²) in [5, 5.41) is 0. The zero-order chi connectivity index (χ0) is 20.7. The van der Waals surface area contributed by atoms with E-state index in [0.29, 0.717) is 24.5 Å². The van der Waals surface area contributed by atoms with Crippen molar-refractivity contribution >= 4 is 23.2 Å². The molecule has 3 aliphatic rings. The Kier molecular flexibility index (Phi) is 4.93. The molecule has 1 fully saturated rings. The van der Waals surface area contributed by atoms with Gasteiger partial charge in [0, 0.05) is 36.5 Å². The molecule has 156 valence electrons. The maximum Gasteiger partial charge on any atom is 0.255 e. The fourth-order valence-electron chi connectivity index (χ4n) is 4.71. The molecule has 0 spiro atoms. The van der Waals surface area contributed by atoms with Gasteiger partial charge in [-0.1, -0.05) is 6.92 Å². The average molecular weight is 405 g/mol. The summed E-state index contributed by atoms with van der Waals surface area (Å²) in [6.45, 7) is 4.85. The number of aryl methyl sites for hydroxylation is 1. The number of hydrogen-bond acceptors (Lipinski definition) is 5. The van der Waals surface area contributed by atoms with Crippen molar-refractivity contribution in [3.63, 3.8) is 0 Å². The van der Waals surface area contributed by atoms with E-state index in [2.05, 4.69) is 16.0 Å². The van der Waals surface area contributed by atoms with Crippen LogP contribution in [0.1, 0.15) is 58.9 Å². The highest BCUT2D eigenvalue weighted by molar-refractivity contribution is 6.00. The Bertz CT molecular complexity index is 997. The van der Waals surface area contributed by atoms with Gasteiger partial charge in [-0.05, 0) is 61.9 Å². The second-order valence-electron chi connectivity index (χ2n) is 8.54. The number of ether oxygens (including phenoxy) is 1. The number of pyridine rings is 1. The molecule has 0 radical (unpaired) electrons. The van der Waals surface area contributed by atoms with Crippen molar-refractivity contribution in [3.8, 4) is 5.75 Å². The number of ketones is 1. The normalized spacial score (nSPS) is 21.0. The molecule has 6 heteroatoms. The Morgan fingerprint density at radius 3 is 2.80 bits per heavy atom. The van der Waals surface area contributed by atoms with Crippen molar-refractivity contribution in [2.75, 3.05) is 31.1 Å². The summed E-state index contributed by atoms with van der Waals surface area (Å²) in [7, 11) is 0. The number of rotatable bonds is 2. The SMILES string of the molecule is CC1CCc2cc(N3CCOc4cc(C(=O)N5CCCCC5)cnc43)ccc2C1=O. The number of amides is 1. The van der Waals surface area contributed by atoms with Crippen LogP contribution in [0.5, 0.6) is 5.75 Å². The van der Waals surface area contributed by atoms with Crippen LogP contribution in [0, 0.1) is 5.92 Å². The molecular weight excluding hydrogens is 378 g/mol. The monoisotopic (exact) mass is 405 g/mol. The third kappa shape index (κ3) is 3.34. The zero-order valence-electron chi connectivity index (χ0n) is 17.4. The number of anilines is 2. The molecule has 3 heterocycles. The van der Waals surface area contributed by atoms with Gasteiger partial charge in [0.1, 0.15) is 6.61 Å². The number of fused-ring (bicyclic) bond motifs is 2. The molecule has 30 heavy (non-hydrogen) atoms. The fraction of sp³-hybridized carbons (Fsp3) is 0.458. The number of aromatic nitrogens is 1. The molecule has 6 nitrogen and oxygen atoms in total. The molecule has 1 aromatic carbocycles. The van der Waals surface area contributed by atoms with Gasteiger partial charge in [-0.15, -0.1) is 0 Å². The molecular formula is C24H27N3O3. The Morgan fingerprint density at radius 1 is 1.13 bits per heavy atom. The predicted molar refractivity (Wildman–Crippen MR) is 115 cm³/mol. The third-order valence-electron chi connectivity index (χ3n) is 6.51. The Labute approximate surface area is 176 Å². The largest absolute Gasteiger partial charge is 0.488 e. The highest BCUT2D eigenvalue weighted by Gasteiger charge is 2.28.